The van der Waals surface area contributed by atoms with Crippen LogP contribution in [0.15, 0.2) is 30.3 Å². The van der Waals surface area contributed by atoms with Gasteiger partial charge in [-0.1, -0.05) is 30.3 Å². The molecule has 0 radical (unpaired) electrons. The zero-order chi connectivity index (χ0) is 21.7. The first-order valence-corrected chi connectivity index (χ1v) is 10.9. The van der Waals surface area contributed by atoms with Crippen molar-refractivity contribution in [2.45, 2.75) is 82.6 Å². The molecule has 7 nitrogen and oxygen atoms in total. The van der Waals surface area contributed by atoms with Crippen molar-refractivity contribution in [3.8, 4) is 0 Å². The molecule has 1 heterocycles. The normalized spacial score (nSPS) is 27.0. The highest BCUT2D eigenvalue weighted by Gasteiger charge is 2.39. The monoisotopic (exact) mass is 418 g/mol. The molecule has 30 heavy (non-hydrogen) atoms. The molecule has 0 aromatic heterocycles. The first kappa shape index (κ1) is 22.4. The van der Waals surface area contributed by atoms with E-state index in [-0.39, 0.29) is 18.8 Å². The topological polar surface area (TPSA) is 88.1 Å². The van der Waals surface area contributed by atoms with Crippen LogP contribution in [0.25, 0.3) is 0 Å². The smallest absolute Gasteiger partial charge is 0.407 e. The molecule has 1 aromatic carbocycles. The van der Waals surface area contributed by atoms with Gasteiger partial charge in [0.05, 0.1) is 24.8 Å². The van der Waals surface area contributed by atoms with E-state index in [1.54, 1.807) is 20.8 Å². The molecular weight excluding hydrogens is 384 g/mol. The van der Waals surface area contributed by atoms with Crippen LogP contribution in [0.3, 0.4) is 0 Å². The van der Waals surface area contributed by atoms with Gasteiger partial charge in [0.25, 0.3) is 0 Å². The lowest BCUT2D eigenvalue weighted by molar-refractivity contribution is -0.00637. The number of rotatable bonds is 5. The number of carbonyl (C=O) groups excluding carboxylic acids is 1. The summed E-state index contributed by atoms with van der Waals surface area (Å²) in [7, 11) is 0. The highest BCUT2D eigenvalue weighted by atomic mass is 16.6. The first-order chi connectivity index (χ1) is 14.2. The molecule has 1 saturated heterocycles. The third kappa shape index (κ3) is 6.11. The quantitative estimate of drug-likeness (QED) is 0.741. The maximum absolute atomic E-state index is 12.2. The van der Waals surface area contributed by atoms with Gasteiger partial charge in [0.1, 0.15) is 5.60 Å². The molecular formula is C23H34N2O5. The van der Waals surface area contributed by atoms with Gasteiger partial charge in [0.15, 0.2) is 0 Å². The number of hydrogen-bond acceptors (Lipinski definition) is 4. The SMILES string of the molecule is CC(C)(C)OC(=O)N[C@H]1CCN(C(=O)O)[C@H]1COC1CCC(c2ccccc2)CC1. The van der Waals surface area contributed by atoms with Crippen molar-refractivity contribution in [3.63, 3.8) is 0 Å². The van der Waals surface area contributed by atoms with Gasteiger partial charge < -0.3 is 24.8 Å². The fourth-order valence-corrected chi connectivity index (χ4v) is 4.45. The van der Waals surface area contributed by atoms with E-state index in [1.807, 2.05) is 6.07 Å². The minimum atomic E-state index is -0.982. The van der Waals surface area contributed by atoms with Gasteiger partial charge in [-0.05, 0) is 64.4 Å². The van der Waals surface area contributed by atoms with Gasteiger partial charge in [0, 0.05) is 6.54 Å². The average molecular weight is 419 g/mol. The molecule has 0 bridgehead atoms. The maximum atomic E-state index is 12.2. The molecule has 3 rings (SSSR count). The number of hydrogen-bond donors (Lipinski definition) is 2. The second-order valence-corrected chi connectivity index (χ2v) is 9.30. The summed E-state index contributed by atoms with van der Waals surface area (Å²) in [6.45, 7) is 6.07. The molecule has 7 heteroatoms. The summed E-state index contributed by atoms with van der Waals surface area (Å²) in [5.41, 5.74) is 0.781. The predicted octanol–water partition coefficient (Wildman–Crippen LogP) is 4.38. The van der Waals surface area contributed by atoms with E-state index in [1.165, 1.54) is 10.5 Å². The summed E-state index contributed by atoms with van der Waals surface area (Å²) in [5, 5.41) is 12.4. The van der Waals surface area contributed by atoms with Gasteiger partial charge in [0.2, 0.25) is 0 Å². The Morgan fingerprint density at radius 2 is 1.77 bits per heavy atom. The zero-order valence-corrected chi connectivity index (χ0v) is 18.2. The summed E-state index contributed by atoms with van der Waals surface area (Å²) in [4.78, 5) is 25.2. The van der Waals surface area contributed by atoms with Crippen LogP contribution in [0, 0.1) is 0 Å². The van der Waals surface area contributed by atoms with E-state index >= 15 is 0 Å². The summed E-state index contributed by atoms with van der Waals surface area (Å²) >= 11 is 0. The number of benzene rings is 1. The molecule has 0 spiro atoms. The van der Waals surface area contributed by atoms with Crippen LogP contribution in [0.1, 0.15) is 64.4 Å². The molecule has 1 aromatic rings. The molecule has 0 unspecified atom stereocenters. The van der Waals surface area contributed by atoms with E-state index in [2.05, 4.69) is 29.6 Å². The third-order valence-corrected chi connectivity index (χ3v) is 5.94. The van der Waals surface area contributed by atoms with Crippen LogP contribution < -0.4 is 5.32 Å². The van der Waals surface area contributed by atoms with Crippen molar-refractivity contribution >= 4 is 12.2 Å². The highest BCUT2D eigenvalue weighted by Crippen LogP contribution is 2.34. The lowest BCUT2D eigenvalue weighted by atomic mass is 9.83. The Labute approximate surface area is 178 Å². The standard InChI is InChI=1S/C23H34N2O5/c1-23(2,3)30-21(26)24-19-13-14-25(22(27)28)20(19)15-29-18-11-9-17(10-12-18)16-7-5-4-6-8-16/h4-8,17-20H,9-15H2,1-3H3,(H,24,26)(H,27,28)/t17?,18?,19-,20-/m0/s1. The van der Waals surface area contributed by atoms with Gasteiger partial charge in [-0.15, -0.1) is 0 Å². The summed E-state index contributed by atoms with van der Waals surface area (Å²) < 4.78 is 11.5. The molecule has 2 atom stereocenters. The van der Waals surface area contributed by atoms with E-state index < -0.39 is 23.8 Å². The molecule has 2 amide bonds. The van der Waals surface area contributed by atoms with Gasteiger partial charge in [-0.25, -0.2) is 9.59 Å². The Morgan fingerprint density at radius 1 is 1.10 bits per heavy atom. The zero-order valence-electron chi connectivity index (χ0n) is 18.2. The molecule has 2 N–H and O–H groups in total. The van der Waals surface area contributed by atoms with Gasteiger partial charge >= 0.3 is 12.2 Å². The number of carboxylic acid groups (broad SMARTS) is 1. The van der Waals surface area contributed by atoms with Crippen LogP contribution >= 0.6 is 0 Å². The number of alkyl carbamates (subject to hydrolysis) is 1. The Balaban J connectivity index is 1.52. The lowest BCUT2D eigenvalue weighted by Crippen LogP contribution is -2.50. The highest BCUT2D eigenvalue weighted by molar-refractivity contribution is 5.69. The second kappa shape index (κ2) is 9.69. The molecule has 1 aliphatic heterocycles. The van der Waals surface area contributed by atoms with Crippen molar-refractivity contribution in [1.29, 1.82) is 0 Å². The largest absolute Gasteiger partial charge is 0.465 e. The number of nitrogens with one attached hydrogen (secondary N) is 1. The number of carbonyl (C=O) groups is 2. The van der Waals surface area contributed by atoms with Crippen molar-refractivity contribution in [3.05, 3.63) is 35.9 Å². The van der Waals surface area contributed by atoms with Crippen molar-refractivity contribution in [1.82, 2.24) is 10.2 Å². The van der Waals surface area contributed by atoms with Crippen LogP contribution in [-0.2, 0) is 9.47 Å². The molecule has 1 aliphatic carbocycles. The Kier molecular flexibility index (Phi) is 7.23. The minimum Gasteiger partial charge on any atom is -0.465 e. The fraction of sp³-hybridized carbons (Fsp3) is 0.652. The Bertz CT molecular complexity index is 710. The van der Waals surface area contributed by atoms with E-state index in [0.29, 0.717) is 18.9 Å². The summed E-state index contributed by atoms with van der Waals surface area (Å²) in [6, 6.07) is 9.85. The van der Waals surface area contributed by atoms with Crippen molar-refractivity contribution in [2.75, 3.05) is 13.2 Å². The lowest BCUT2D eigenvalue weighted by Gasteiger charge is -2.32. The second-order valence-electron chi connectivity index (χ2n) is 9.30. The van der Waals surface area contributed by atoms with Crippen molar-refractivity contribution < 1.29 is 24.2 Å². The Morgan fingerprint density at radius 3 is 2.37 bits per heavy atom. The van der Waals surface area contributed by atoms with E-state index in [9.17, 15) is 14.7 Å². The van der Waals surface area contributed by atoms with Gasteiger partial charge in [-0.3, -0.25) is 0 Å². The number of nitrogens with zero attached hydrogens (tertiary/aromatic N) is 1. The predicted molar refractivity (Wildman–Crippen MR) is 114 cm³/mol. The molecule has 1 saturated carbocycles. The summed E-state index contributed by atoms with van der Waals surface area (Å²) in [5.74, 6) is 0.564. The minimum absolute atomic E-state index is 0.128. The fourth-order valence-electron chi connectivity index (χ4n) is 4.45. The van der Waals surface area contributed by atoms with E-state index in [4.69, 9.17) is 9.47 Å². The molecule has 2 fully saturated rings. The average Bonchev–Trinajstić information content (AvgIpc) is 3.08. The van der Waals surface area contributed by atoms with Crippen molar-refractivity contribution in [2.24, 2.45) is 0 Å². The van der Waals surface area contributed by atoms with E-state index in [0.717, 1.165) is 25.7 Å². The third-order valence-electron chi connectivity index (χ3n) is 5.94. The number of ether oxygens (including phenoxy) is 2. The Hall–Kier alpha value is -2.28. The van der Waals surface area contributed by atoms with Crippen LogP contribution in [0.5, 0.6) is 0 Å². The first-order valence-electron chi connectivity index (χ1n) is 10.9. The van der Waals surface area contributed by atoms with Crippen LogP contribution in [0.2, 0.25) is 0 Å². The van der Waals surface area contributed by atoms with Crippen LogP contribution in [0.4, 0.5) is 9.59 Å². The molecule has 2 aliphatic rings. The number of amides is 2. The maximum Gasteiger partial charge on any atom is 0.407 e. The van der Waals surface area contributed by atoms with Gasteiger partial charge in [-0.2, -0.15) is 0 Å². The summed E-state index contributed by atoms with van der Waals surface area (Å²) in [6.07, 6.45) is 3.25. The van der Waals surface area contributed by atoms with Crippen LogP contribution in [-0.4, -0.2) is 59.1 Å². The number of likely N-dealkylation sites (tertiary alicyclic amines) is 1. The molecule has 166 valence electrons.